The van der Waals surface area contributed by atoms with Crippen LogP contribution in [0.15, 0.2) is 42.5 Å². The van der Waals surface area contributed by atoms with E-state index in [4.69, 9.17) is 9.47 Å². The molecular formula is C20H24N2O3. The van der Waals surface area contributed by atoms with Crippen molar-refractivity contribution in [3.05, 3.63) is 53.6 Å². The molecule has 5 heteroatoms. The SMILES string of the molecule is CCCCN1C(=O)c2ccccc2NC1c1ccc(OC)c(OC)c1. The predicted octanol–water partition coefficient (Wildman–Crippen LogP) is 4.07. The second-order valence-corrected chi connectivity index (χ2v) is 6.06. The van der Waals surface area contributed by atoms with E-state index < -0.39 is 0 Å². The van der Waals surface area contributed by atoms with Gasteiger partial charge < -0.3 is 19.7 Å². The van der Waals surface area contributed by atoms with Gasteiger partial charge in [-0.05, 0) is 36.2 Å². The molecule has 5 nitrogen and oxygen atoms in total. The lowest BCUT2D eigenvalue weighted by Gasteiger charge is -2.38. The summed E-state index contributed by atoms with van der Waals surface area (Å²) in [6, 6.07) is 13.4. The minimum atomic E-state index is -0.228. The number of nitrogens with one attached hydrogen (secondary N) is 1. The maximum atomic E-state index is 13.0. The Hall–Kier alpha value is -2.69. The van der Waals surface area contributed by atoms with Crippen LogP contribution in [0.3, 0.4) is 0 Å². The van der Waals surface area contributed by atoms with Crippen LogP contribution >= 0.6 is 0 Å². The monoisotopic (exact) mass is 340 g/mol. The van der Waals surface area contributed by atoms with Gasteiger partial charge in [-0.3, -0.25) is 4.79 Å². The van der Waals surface area contributed by atoms with E-state index in [0.717, 1.165) is 29.7 Å². The summed E-state index contributed by atoms with van der Waals surface area (Å²) in [5.74, 6) is 1.39. The Labute approximate surface area is 148 Å². The van der Waals surface area contributed by atoms with E-state index >= 15 is 0 Å². The van der Waals surface area contributed by atoms with Crippen LogP contribution in [-0.2, 0) is 0 Å². The van der Waals surface area contributed by atoms with Crippen LogP contribution in [0.25, 0.3) is 0 Å². The number of hydrogen-bond donors (Lipinski definition) is 1. The van der Waals surface area contributed by atoms with Gasteiger partial charge in [0.25, 0.3) is 5.91 Å². The molecule has 1 heterocycles. The zero-order chi connectivity index (χ0) is 17.8. The third kappa shape index (κ3) is 3.27. The number of para-hydroxylation sites is 1. The van der Waals surface area contributed by atoms with E-state index in [1.54, 1.807) is 14.2 Å². The summed E-state index contributed by atoms with van der Waals surface area (Å²) in [6.07, 6.45) is 1.76. The van der Waals surface area contributed by atoms with Crippen LogP contribution in [0.4, 0.5) is 5.69 Å². The standard InChI is InChI=1S/C20H24N2O3/c1-4-5-12-22-19(14-10-11-17(24-2)18(13-14)25-3)21-16-9-7-6-8-15(16)20(22)23/h6-11,13,19,21H,4-5,12H2,1-3H3. The molecule has 3 rings (SSSR count). The molecule has 2 aromatic carbocycles. The van der Waals surface area contributed by atoms with Crippen molar-refractivity contribution in [2.24, 2.45) is 0 Å². The molecular weight excluding hydrogens is 316 g/mol. The number of rotatable bonds is 6. The smallest absolute Gasteiger partial charge is 0.257 e. The Morgan fingerprint density at radius 2 is 1.84 bits per heavy atom. The molecule has 1 N–H and O–H groups in total. The van der Waals surface area contributed by atoms with Crippen molar-refractivity contribution in [2.45, 2.75) is 25.9 Å². The molecule has 0 radical (unpaired) electrons. The fraction of sp³-hybridized carbons (Fsp3) is 0.350. The van der Waals surface area contributed by atoms with Gasteiger partial charge in [0.1, 0.15) is 6.17 Å². The molecule has 0 fully saturated rings. The molecule has 25 heavy (non-hydrogen) atoms. The van der Waals surface area contributed by atoms with Crippen molar-refractivity contribution in [3.63, 3.8) is 0 Å². The fourth-order valence-corrected chi connectivity index (χ4v) is 3.14. The largest absolute Gasteiger partial charge is 0.493 e. The van der Waals surface area contributed by atoms with Crippen molar-refractivity contribution in [3.8, 4) is 11.5 Å². The Morgan fingerprint density at radius 3 is 2.56 bits per heavy atom. The molecule has 0 saturated heterocycles. The summed E-state index contributed by atoms with van der Waals surface area (Å²) in [5.41, 5.74) is 2.55. The molecule has 1 unspecified atom stereocenters. The van der Waals surface area contributed by atoms with Crippen molar-refractivity contribution >= 4 is 11.6 Å². The molecule has 1 atom stereocenters. The summed E-state index contributed by atoms with van der Waals surface area (Å²) < 4.78 is 10.7. The summed E-state index contributed by atoms with van der Waals surface area (Å²) in [4.78, 5) is 14.9. The Kier molecular flexibility index (Phi) is 5.12. The van der Waals surface area contributed by atoms with Gasteiger partial charge in [0.2, 0.25) is 0 Å². The molecule has 0 aliphatic carbocycles. The minimum absolute atomic E-state index is 0.0579. The lowest BCUT2D eigenvalue weighted by molar-refractivity contribution is 0.0680. The fourth-order valence-electron chi connectivity index (χ4n) is 3.14. The van der Waals surface area contributed by atoms with E-state index in [1.807, 2.05) is 47.4 Å². The molecule has 1 aliphatic rings. The lowest BCUT2D eigenvalue weighted by atomic mass is 10.0. The number of ether oxygens (including phenoxy) is 2. The number of hydrogen-bond acceptors (Lipinski definition) is 4. The molecule has 0 aromatic heterocycles. The van der Waals surface area contributed by atoms with Crippen molar-refractivity contribution < 1.29 is 14.3 Å². The molecule has 1 aliphatic heterocycles. The van der Waals surface area contributed by atoms with Crippen LogP contribution in [0.2, 0.25) is 0 Å². The first-order valence-electron chi connectivity index (χ1n) is 8.58. The Morgan fingerprint density at radius 1 is 1.08 bits per heavy atom. The first-order valence-corrected chi connectivity index (χ1v) is 8.58. The van der Waals surface area contributed by atoms with Crippen LogP contribution in [0, 0.1) is 0 Å². The van der Waals surface area contributed by atoms with Gasteiger partial charge in [-0.15, -0.1) is 0 Å². The number of amides is 1. The van der Waals surface area contributed by atoms with E-state index in [1.165, 1.54) is 0 Å². The topological polar surface area (TPSA) is 50.8 Å². The Bertz CT molecular complexity index is 760. The van der Waals surface area contributed by atoms with Crippen LogP contribution in [-0.4, -0.2) is 31.6 Å². The zero-order valence-electron chi connectivity index (χ0n) is 14.9. The van der Waals surface area contributed by atoms with Gasteiger partial charge in [-0.25, -0.2) is 0 Å². The summed E-state index contributed by atoms with van der Waals surface area (Å²) in [6.45, 7) is 2.83. The zero-order valence-corrected chi connectivity index (χ0v) is 14.9. The highest BCUT2D eigenvalue weighted by Gasteiger charge is 2.32. The Balaban J connectivity index is 2.01. The van der Waals surface area contributed by atoms with Gasteiger partial charge in [0, 0.05) is 12.2 Å². The second-order valence-electron chi connectivity index (χ2n) is 6.06. The first kappa shape index (κ1) is 17.1. The van der Waals surface area contributed by atoms with E-state index in [9.17, 15) is 4.79 Å². The number of carbonyl (C=O) groups is 1. The van der Waals surface area contributed by atoms with Crippen molar-refractivity contribution in [1.29, 1.82) is 0 Å². The highest BCUT2D eigenvalue weighted by molar-refractivity contribution is 6.01. The third-order valence-corrected chi connectivity index (χ3v) is 4.50. The highest BCUT2D eigenvalue weighted by Crippen LogP contribution is 2.36. The van der Waals surface area contributed by atoms with Crippen molar-refractivity contribution in [1.82, 2.24) is 4.90 Å². The van der Waals surface area contributed by atoms with Crippen LogP contribution < -0.4 is 14.8 Å². The van der Waals surface area contributed by atoms with Gasteiger partial charge >= 0.3 is 0 Å². The first-order chi connectivity index (χ1) is 12.2. The number of nitrogens with zero attached hydrogens (tertiary/aromatic N) is 1. The van der Waals surface area contributed by atoms with Gasteiger partial charge in [-0.2, -0.15) is 0 Å². The summed E-state index contributed by atoms with van der Waals surface area (Å²) >= 11 is 0. The number of unbranched alkanes of at least 4 members (excludes halogenated alkanes) is 1. The average molecular weight is 340 g/mol. The quantitative estimate of drug-likeness (QED) is 0.861. The van der Waals surface area contributed by atoms with E-state index in [2.05, 4.69) is 12.2 Å². The number of fused-ring (bicyclic) bond motifs is 1. The van der Waals surface area contributed by atoms with Crippen LogP contribution in [0.1, 0.15) is 41.9 Å². The number of methoxy groups -OCH3 is 2. The third-order valence-electron chi connectivity index (χ3n) is 4.50. The molecule has 0 saturated carbocycles. The van der Waals surface area contributed by atoms with E-state index in [0.29, 0.717) is 18.0 Å². The maximum absolute atomic E-state index is 13.0. The normalized spacial score (nSPS) is 16.2. The molecule has 0 bridgehead atoms. The molecule has 132 valence electrons. The van der Waals surface area contributed by atoms with Gasteiger partial charge in [0.15, 0.2) is 11.5 Å². The molecule has 0 spiro atoms. The van der Waals surface area contributed by atoms with Gasteiger partial charge in [-0.1, -0.05) is 31.5 Å². The predicted molar refractivity (Wildman–Crippen MR) is 98.3 cm³/mol. The number of benzene rings is 2. The average Bonchev–Trinajstić information content (AvgIpc) is 2.66. The maximum Gasteiger partial charge on any atom is 0.257 e. The second kappa shape index (κ2) is 7.47. The van der Waals surface area contributed by atoms with Crippen molar-refractivity contribution in [2.75, 3.05) is 26.1 Å². The number of anilines is 1. The van der Waals surface area contributed by atoms with Gasteiger partial charge in [0.05, 0.1) is 19.8 Å². The van der Waals surface area contributed by atoms with Crippen LogP contribution in [0.5, 0.6) is 11.5 Å². The van der Waals surface area contributed by atoms with E-state index in [-0.39, 0.29) is 12.1 Å². The minimum Gasteiger partial charge on any atom is -0.493 e. The molecule has 2 aromatic rings. The summed E-state index contributed by atoms with van der Waals surface area (Å²) in [7, 11) is 3.23. The molecule has 1 amide bonds. The number of carbonyl (C=O) groups excluding carboxylic acids is 1. The summed E-state index contributed by atoms with van der Waals surface area (Å²) in [5, 5.41) is 3.50. The lowest BCUT2D eigenvalue weighted by Crippen LogP contribution is -2.43. The highest BCUT2D eigenvalue weighted by atomic mass is 16.5.